The summed E-state index contributed by atoms with van der Waals surface area (Å²) >= 11 is 0. The highest BCUT2D eigenvalue weighted by atomic mass is 16.6. The number of ether oxygens (including phenoxy) is 4. The minimum atomic E-state index is -0.642. The number of carbonyl (C=O) groups is 2. The fourth-order valence-electron chi connectivity index (χ4n) is 3.12. The normalized spacial score (nSPS) is 10.2. The van der Waals surface area contributed by atoms with E-state index >= 15 is 0 Å². The maximum Gasteiger partial charge on any atom is 0.353 e. The van der Waals surface area contributed by atoms with Crippen molar-refractivity contribution in [3.63, 3.8) is 0 Å². The van der Waals surface area contributed by atoms with Crippen molar-refractivity contribution in [2.24, 2.45) is 11.5 Å². The summed E-state index contributed by atoms with van der Waals surface area (Å²) in [5.41, 5.74) is 14.5. The first-order chi connectivity index (χ1) is 17.3. The summed E-state index contributed by atoms with van der Waals surface area (Å²) in [6.45, 7) is 7.25. The third-order valence-corrected chi connectivity index (χ3v) is 4.96. The van der Waals surface area contributed by atoms with Crippen molar-refractivity contribution >= 4 is 11.9 Å². The lowest BCUT2D eigenvalue weighted by molar-refractivity contribution is -0.140. The molecule has 0 spiro atoms. The molecule has 0 aliphatic rings. The Labute approximate surface area is 209 Å². The zero-order chi connectivity index (χ0) is 25.9. The van der Waals surface area contributed by atoms with Crippen LogP contribution in [0.2, 0.25) is 0 Å². The molecule has 0 aliphatic heterocycles. The third kappa shape index (κ3) is 7.66. The number of benzene rings is 3. The molecule has 0 bridgehead atoms. The molecule has 0 radical (unpaired) electrons. The summed E-state index contributed by atoms with van der Waals surface area (Å²) in [5, 5.41) is 0. The molecule has 3 aromatic rings. The number of hydrogen-bond acceptors (Lipinski definition) is 8. The second-order valence-electron chi connectivity index (χ2n) is 7.65. The largest absolute Gasteiger partial charge is 0.490 e. The van der Waals surface area contributed by atoms with Crippen LogP contribution in [0.15, 0.2) is 97.3 Å². The van der Waals surface area contributed by atoms with Gasteiger partial charge in [-0.05, 0) is 46.5 Å². The summed E-state index contributed by atoms with van der Waals surface area (Å²) < 4.78 is 20.9. The van der Waals surface area contributed by atoms with Crippen LogP contribution in [-0.4, -0.2) is 38.4 Å². The van der Waals surface area contributed by atoms with E-state index in [0.29, 0.717) is 11.5 Å². The van der Waals surface area contributed by atoms with Gasteiger partial charge in [-0.1, -0.05) is 61.7 Å². The quantitative estimate of drug-likeness (QED) is 0.224. The van der Waals surface area contributed by atoms with Crippen molar-refractivity contribution in [1.82, 2.24) is 0 Å². The Morgan fingerprint density at radius 3 is 1.08 bits per heavy atom. The maximum atomic E-state index is 11.2. The van der Waals surface area contributed by atoms with E-state index in [9.17, 15) is 9.59 Å². The molecule has 36 heavy (non-hydrogen) atoms. The van der Waals surface area contributed by atoms with Crippen LogP contribution in [0.4, 0.5) is 0 Å². The zero-order valence-corrected chi connectivity index (χ0v) is 19.8. The average Bonchev–Trinajstić information content (AvgIpc) is 2.89. The Kier molecular flexibility index (Phi) is 9.11. The van der Waals surface area contributed by atoms with E-state index in [-0.39, 0.29) is 37.8 Å². The van der Waals surface area contributed by atoms with E-state index in [1.807, 2.05) is 48.5 Å². The molecule has 0 atom stereocenters. The van der Waals surface area contributed by atoms with Gasteiger partial charge in [0.25, 0.3) is 0 Å². The molecule has 0 unspecified atom stereocenters. The van der Waals surface area contributed by atoms with E-state index in [0.717, 1.165) is 22.3 Å². The van der Waals surface area contributed by atoms with Crippen molar-refractivity contribution in [3.05, 3.63) is 97.3 Å². The lowest BCUT2D eigenvalue weighted by atomic mass is 10.0. The van der Waals surface area contributed by atoms with Crippen molar-refractivity contribution in [3.8, 4) is 33.8 Å². The van der Waals surface area contributed by atoms with Crippen LogP contribution >= 0.6 is 0 Å². The fourth-order valence-corrected chi connectivity index (χ4v) is 3.12. The molecular formula is C28H28N2O6. The summed E-state index contributed by atoms with van der Waals surface area (Å²) in [7, 11) is 0. The molecule has 0 heterocycles. The van der Waals surface area contributed by atoms with Crippen molar-refractivity contribution < 1.29 is 28.5 Å². The Balaban J connectivity index is 1.49. The average molecular weight is 489 g/mol. The molecule has 3 aromatic carbocycles. The van der Waals surface area contributed by atoms with E-state index < -0.39 is 11.9 Å². The highest BCUT2D eigenvalue weighted by Gasteiger charge is 2.06. The Hall–Kier alpha value is -4.72. The predicted molar refractivity (Wildman–Crippen MR) is 137 cm³/mol. The smallest absolute Gasteiger partial charge is 0.353 e. The highest BCUT2D eigenvalue weighted by molar-refractivity contribution is 5.86. The van der Waals surface area contributed by atoms with Crippen molar-refractivity contribution in [2.75, 3.05) is 26.4 Å². The molecule has 0 saturated carbocycles. The monoisotopic (exact) mass is 488 g/mol. The number of hydrogen-bond donors (Lipinski definition) is 2. The number of esters is 2. The SMILES string of the molecule is C=C(N)C(=O)OCCOc1ccc(-c2ccc(-c3ccc(OCCOC(=O)C(=C)N)cc3)cc2)cc1. The van der Waals surface area contributed by atoms with Gasteiger partial charge in [0, 0.05) is 0 Å². The molecule has 186 valence electrons. The van der Waals surface area contributed by atoms with Crippen LogP contribution in [0.1, 0.15) is 0 Å². The van der Waals surface area contributed by atoms with Gasteiger partial charge in [0.15, 0.2) is 0 Å². The molecule has 0 saturated heterocycles. The number of rotatable bonds is 12. The van der Waals surface area contributed by atoms with Gasteiger partial charge in [0.05, 0.1) is 0 Å². The van der Waals surface area contributed by atoms with E-state index in [1.54, 1.807) is 0 Å². The van der Waals surface area contributed by atoms with Crippen molar-refractivity contribution in [2.45, 2.75) is 0 Å². The van der Waals surface area contributed by atoms with Gasteiger partial charge in [0.2, 0.25) is 0 Å². The van der Waals surface area contributed by atoms with E-state index in [4.69, 9.17) is 30.4 Å². The predicted octanol–water partition coefficient (Wildman–Crippen LogP) is 3.81. The molecule has 4 N–H and O–H groups in total. The van der Waals surface area contributed by atoms with Crippen LogP contribution in [0.3, 0.4) is 0 Å². The molecule has 8 nitrogen and oxygen atoms in total. The molecule has 8 heteroatoms. The van der Waals surface area contributed by atoms with E-state index in [2.05, 4.69) is 37.4 Å². The fraction of sp³-hybridized carbons (Fsp3) is 0.143. The third-order valence-electron chi connectivity index (χ3n) is 4.96. The van der Waals surface area contributed by atoms with Gasteiger partial charge in [-0.15, -0.1) is 0 Å². The number of carbonyl (C=O) groups excluding carboxylic acids is 2. The Bertz CT molecular complexity index is 1110. The second-order valence-corrected chi connectivity index (χ2v) is 7.65. The molecule has 3 rings (SSSR count). The van der Waals surface area contributed by atoms with Crippen LogP contribution in [0.5, 0.6) is 11.5 Å². The minimum Gasteiger partial charge on any atom is -0.490 e. The Morgan fingerprint density at radius 2 is 0.806 bits per heavy atom. The molecule has 0 fully saturated rings. The van der Waals surface area contributed by atoms with Crippen LogP contribution in [0, 0.1) is 0 Å². The maximum absolute atomic E-state index is 11.2. The molecule has 0 amide bonds. The summed E-state index contributed by atoms with van der Waals surface area (Å²) in [6.07, 6.45) is 0. The van der Waals surface area contributed by atoms with Crippen LogP contribution in [0.25, 0.3) is 22.3 Å². The summed E-state index contributed by atoms with van der Waals surface area (Å²) in [4.78, 5) is 22.5. The summed E-state index contributed by atoms with van der Waals surface area (Å²) in [5.74, 6) is 0.0556. The first-order valence-corrected chi connectivity index (χ1v) is 11.1. The van der Waals surface area contributed by atoms with Gasteiger partial charge in [-0.25, -0.2) is 9.59 Å². The lowest BCUT2D eigenvalue weighted by Crippen LogP contribution is -2.17. The van der Waals surface area contributed by atoms with Gasteiger partial charge in [-0.2, -0.15) is 0 Å². The Morgan fingerprint density at radius 1 is 0.528 bits per heavy atom. The van der Waals surface area contributed by atoms with Gasteiger partial charge in [0.1, 0.15) is 49.3 Å². The standard InChI is InChI=1S/C28H28N2O6/c1-19(29)27(31)35-17-15-33-25-11-7-23(8-12-25)21-3-5-22(6-4-21)24-9-13-26(14-10-24)34-16-18-36-28(32)20(2)30/h3-14H,1-2,15-18,29-30H2. The van der Waals surface area contributed by atoms with Crippen LogP contribution in [-0.2, 0) is 19.1 Å². The lowest BCUT2D eigenvalue weighted by Gasteiger charge is -2.10. The first kappa shape index (κ1) is 25.9. The van der Waals surface area contributed by atoms with Gasteiger partial charge in [-0.3, -0.25) is 0 Å². The van der Waals surface area contributed by atoms with Crippen molar-refractivity contribution in [1.29, 1.82) is 0 Å². The molecular weight excluding hydrogens is 460 g/mol. The first-order valence-electron chi connectivity index (χ1n) is 11.1. The van der Waals surface area contributed by atoms with Gasteiger partial charge >= 0.3 is 11.9 Å². The minimum absolute atomic E-state index is 0.0894. The highest BCUT2D eigenvalue weighted by Crippen LogP contribution is 2.27. The van der Waals surface area contributed by atoms with Gasteiger partial charge < -0.3 is 30.4 Å². The summed E-state index contributed by atoms with van der Waals surface area (Å²) in [6, 6.07) is 23.5. The zero-order valence-electron chi connectivity index (χ0n) is 19.8. The molecule has 0 aliphatic carbocycles. The second kappa shape index (κ2) is 12.7. The topological polar surface area (TPSA) is 123 Å². The van der Waals surface area contributed by atoms with Crippen LogP contribution < -0.4 is 20.9 Å². The molecule has 0 aromatic heterocycles. The van der Waals surface area contributed by atoms with E-state index in [1.165, 1.54) is 0 Å². The number of nitrogens with two attached hydrogens (primary N) is 2.